The van der Waals surface area contributed by atoms with E-state index in [0.717, 1.165) is 0 Å². The minimum atomic E-state index is 0.385. The zero-order valence-electron chi connectivity index (χ0n) is 7.48. The third-order valence-electron chi connectivity index (χ3n) is 2.99. The van der Waals surface area contributed by atoms with Crippen LogP contribution >= 0.6 is 0 Å². The molecule has 0 N–H and O–H groups in total. The van der Waals surface area contributed by atoms with Gasteiger partial charge in [-0.1, -0.05) is 31.6 Å². The zero-order valence-corrected chi connectivity index (χ0v) is 7.48. The summed E-state index contributed by atoms with van der Waals surface area (Å²) in [6.07, 6.45) is 10.2. The summed E-state index contributed by atoms with van der Waals surface area (Å²) in [5, 5.41) is 0. The summed E-state index contributed by atoms with van der Waals surface area (Å²) in [6.45, 7) is 4.66. The van der Waals surface area contributed by atoms with Gasteiger partial charge in [-0.25, -0.2) is 0 Å². The van der Waals surface area contributed by atoms with Crippen molar-refractivity contribution in [3.63, 3.8) is 0 Å². The van der Waals surface area contributed by atoms with E-state index in [9.17, 15) is 0 Å². The maximum atomic E-state index is 2.36. The Kier molecular flexibility index (Phi) is 1.45. The maximum absolute atomic E-state index is 2.36. The van der Waals surface area contributed by atoms with Crippen LogP contribution in [0.25, 0.3) is 0 Å². The largest absolute Gasteiger partial charge is 0.0745 e. The average Bonchev–Trinajstić information content (AvgIpc) is 2.29. The lowest BCUT2D eigenvalue weighted by atomic mass is 9.80. The van der Waals surface area contributed by atoms with Gasteiger partial charge in [0.1, 0.15) is 0 Å². The number of allylic oxidation sites excluding steroid dienone is 4. The van der Waals surface area contributed by atoms with E-state index in [2.05, 4.69) is 26.0 Å². The van der Waals surface area contributed by atoms with Gasteiger partial charge in [-0.05, 0) is 31.3 Å². The second-order valence-corrected chi connectivity index (χ2v) is 4.27. The van der Waals surface area contributed by atoms with E-state index in [0.29, 0.717) is 5.41 Å². The fourth-order valence-electron chi connectivity index (χ4n) is 2.26. The molecule has 0 nitrogen and oxygen atoms in total. The van der Waals surface area contributed by atoms with E-state index in [1.807, 2.05) is 0 Å². The Hall–Kier alpha value is -0.520. The summed E-state index contributed by atoms with van der Waals surface area (Å²) < 4.78 is 0. The molecule has 0 unspecified atom stereocenters. The quantitative estimate of drug-likeness (QED) is 0.493. The summed E-state index contributed by atoms with van der Waals surface area (Å²) in [7, 11) is 0. The van der Waals surface area contributed by atoms with Crippen molar-refractivity contribution in [1.29, 1.82) is 0 Å². The minimum Gasteiger partial charge on any atom is -0.0745 e. The molecule has 0 radical (unpaired) electrons. The molecule has 0 heteroatoms. The Morgan fingerprint density at radius 1 is 1.18 bits per heavy atom. The molecule has 0 spiro atoms. The van der Waals surface area contributed by atoms with Crippen LogP contribution in [-0.4, -0.2) is 0 Å². The smallest absolute Gasteiger partial charge is 0.00432 e. The molecule has 0 bridgehead atoms. The molecule has 0 aromatic carbocycles. The zero-order chi connectivity index (χ0) is 7.90. The number of hydrogen-bond donors (Lipinski definition) is 0. The molecule has 0 saturated heterocycles. The van der Waals surface area contributed by atoms with Crippen molar-refractivity contribution < 1.29 is 0 Å². The van der Waals surface area contributed by atoms with Gasteiger partial charge in [0.05, 0.1) is 0 Å². The highest BCUT2D eigenvalue weighted by Gasteiger charge is 2.28. The molecule has 2 aliphatic rings. The molecule has 0 aromatic rings. The van der Waals surface area contributed by atoms with Crippen LogP contribution in [0, 0.1) is 5.41 Å². The fraction of sp³-hybridized carbons (Fsp3) is 0.636. The first-order valence-corrected chi connectivity index (χ1v) is 4.62. The van der Waals surface area contributed by atoms with Crippen LogP contribution in [0.1, 0.15) is 39.5 Å². The molecule has 0 heterocycles. The molecule has 0 fully saturated rings. The van der Waals surface area contributed by atoms with Crippen molar-refractivity contribution in [2.45, 2.75) is 39.5 Å². The van der Waals surface area contributed by atoms with Crippen LogP contribution in [0.3, 0.4) is 0 Å². The summed E-state index contributed by atoms with van der Waals surface area (Å²) >= 11 is 0. The highest BCUT2D eigenvalue weighted by molar-refractivity contribution is 5.41. The minimum absolute atomic E-state index is 0.385. The third-order valence-corrected chi connectivity index (χ3v) is 2.99. The maximum Gasteiger partial charge on any atom is 0.00432 e. The molecular weight excluding hydrogens is 132 g/mol. The highest BCUT2D eigenvalue weighted by Crippen LogP contribution is 2.43. The molecule has 0 saturated carbocycles. The molecule has 0 aliphatic heterocycles. The Balaban J connectivity index is 2.35. The summed E-state index contributed by atoms with van der Waals surface area (Å²) in [5.41, 5.74) is 3.74. The van der Waals surface area contributed by atoms with Crippen molar-refractivity contribution in [3.8, 4) is 0 Å². The van der Waals surface area contributed by atoms with E-state index >= 15 is 0 Å². The van der Waals surface area contributed by atoms with Crippen molar-refractivity contribution in [2.24, 2.45) is 5.41 Å². The average molecular weight is 148 g/mol. The molecule has 60 valence electrons. The van der Waals surface area contributed by atoms with E-state index in [-0.39, 0.29) is 0 Å². The summed E-state index contributed by atoms with van der Waals surface area (Å²) in [4.78, 5) is 0. The molecule has 0 atom stereocenters. The molecular formula is C11H16. The number of rotatable bonds is 0. The van der Waals surface area contributed by atoms with Gasteiger partial charge in [-0.2, -0.15) is 0 Å². The summed E-state index contributed by atoms with van der Waals surface area (Å²) in [5.74, 6) is 0. The van der Waals surface area contributed by atoms with E-state index in [1.54, 1.807) is 11.1 Å². The SMILES string of the molecule is CC1(C)C=CC2=C1CCCC2. The van der Waals surface area contributed by atoms with E-state index in [1.165, 1.54) is 25.7 Å². The van der Waals surface area contributed by atoms with Gasteiger partial charge in [0.15, 0.2) is 0 Å². The normalized spacial score (nSPS) is 27.5. The first-order valence-electron chi connectivity index (χ1n) is 4.62. The predicted molar refractivity (Wildman–Crippen MR) is 48.4 cm³/mol. The van der Waals surface area contributed by atoms with Crippen LogP contribution in [0.15, 0.2) is 23.3 Å². The second-order valence-electron chi connectivity index (χ2n) is 4.27. The van der Waals surface area contributed by atoms with E-state index in [4.69, 9.17) is 0 Å². The van der Waals surface area contributed by atoms with Gasteiger partial charge < -0.3 is 0 Å². The fourth-order valence-corrected chi connectivity index (χ4v) is 2.26. The Labute approximate surface area is 69.0 Å². The van der Waals surface area contributed by atoms with Crippen molar-refractivity contribution in [2.75, 3.05) is 0 Å². The predicted octanol–water partition coefficient (Wildman–Crippen LogP) is 3.45. The lowest BCUT2D eigenvalue weighted by molar-refractivity contribution is 0.524. The summed E-state index contributed by atoms with van der Waals surface area (Å²) in [6, 6.07) is 0. The van der Waals surface area contributed by atoms with Crippen molar-refractivity contribution in [3.05, 3.63) is 23.3 Å². The van der Waals surface area contributed by atoms with Gasteiger partial charge in [0.2, 0.25) is 0 Å². The van der Waals surface area contributed by atoms with Crippen molar-refractivity contribution in [1.82, 2.24) is 0 Å². The van der Waals surface area contributed by atoms with Crippen LogP contribution in [0.4, 0.5) is 0 Å². The third kappa shape index (κ3) is 1.05. The van der Waals surface area contributed by atoms with Gasteiger partial charge in [0.25, 0.3) is 0 Å². The first kappa shape index (κ1) is 7.15. The topological polar surface area (TPSA) is 0 Å². The molecule has 2 aliphatic carbocycles. The highest BCUT2D eigenvalue weighted by atomic mass is 14.3. The van der Waals surface area contributed by atoms with Crippen molar-refractivity contribution >= 4 is 0 Å². The number of hydrogen-bond acceptors (Lipinski definition) is 0. The first-order chi connectivity index (χ1) is 5.20. The van der Waals surface area contributed by atoms with Gasteiger partial charge >= 0.3 is 0 Å². The lowest BCUT2D eigenvalue weighted by Gasteiger charge is -2.25. The Morgan fingerprint density at radius 3 is 2.64 bits per heavy atom. The second kappa shape index (κ2) is 2.23. The van der Waals surface area contributed by atoms with Crippen LogP contribution in [-0.2, 0) is 0 Å². The van der Waals surface area contributed by atoms with Gasteiger partial charge in [0, 0.05) is 5.41 Å². The Bertz CT molecular complexity index is 228. The monoisotopic (exact) mass is 148 g/mol. The molecule has 11 heavy (non-hydrogen) atoms. The molecule has 2 rings (SSSR count). The van der Waals surface area contributed by atoms with Crippen LogP contribution in [0.2, 0.25) is 0 Å². The van der Waals surface area contributed by atoms with Crippen LogP contribution in [0.5, 0.6) is 0 Å². The molecule has 0 aromatic heterocycles. The standard InChI is InChI=1S/C11H16/c1-11(2)8-7-9-5-3-4-6-10(9)11/h7-8H,3-6H2,1-2H3. The van der Waals surface area contributed by atoms with Gasteiger partial charge in [-0.3, -0.25) is 0 Å². The Morgan fingerprint density at radius 2 is 1.91 bits per heavy atom. The molecule has 0 amide bonds. The van der Waals surface area contributed by atoms with E-state index < -0.39 is 0 Å². The van der Waals surface area contributed by atoms with Gasteiger partial charge in [-0.15, -0.1) is 0 Å². The lowest BCUT2D eigenvalue weighted by Crippen LogP contribution is -2.11. The van der Waals surface area contributed by atoms with Crippen LogP contribution < -0.4 is 0 Å².